The molecule has 1 aromatic carbocycles. The van der Waals surface area contributed by atoms with Crippen molar-refractivity contribution in [2.45, 2.75) is 32.4 Å². The molecule has 0 spiro atoms. The average molecular weight is 362 g/mol. The Labute approximate surface area is 154 Å². The van der Waals surface area contributed by atoms with Crippen LogP contribution in [0.3, 0.4) is 0 Å². The van der Waals surface area contributed by atoms with E-state index in [0.29, 0.717) is 31.7 Å². The lowest BCUT2D eigenvalue weighted by Crippen LogP contribution is -2.49. The molecule has 0 unspecified atom stereocenters. The predicted molar refractivity (Wildman–Crippen MR) is 97.7 cm³/mol. The van der Waals surface area contributed by atoms with Crippen molar-refractivity contribution in [1.82, 2.24) is 4.90 Å². The maximum Gasteiger partial charge on any atom is 0.311 e. The third kappa shape index (κ3) is 3.22. The number of nitrogens with zero attached hydrogens (tertiary/aromatic N) is 2. The Morgan fingerprint density at radius 3 is 2.81 bits per heavy atom. The van der Waals surface area contributed by atoms with Crippen LogP contribution in [0.4, 0.5) is 10.1 Å². The van der Waals surface area contributed by atoms with Gasteiger partial charge in [0.15, 0.2) is 5.67 Å². The van der Waals surface area contributed by atoms with Crippen molar-refractivity contribution in [3.05, 3.63) is 29.8 Å². The summed E-state index contributed by atoms with van der Waals surface area (Å²) in [6.45, 7) is 5.23. The number of methoxy groups -OCH3 is 1. The monoisotopic (exact) mass is 362 g/mol. The summed E-state index contributed by atoms with van der Waals surface area (Å²) in [6.07, 6.45) is 0.737. The molecule has 1 aromatic rings. The summed E-state index contributed by atoms with van der Waals surface area (Å²) in [6, 6.07) is 7.48. The second-order valence-corrected chi connectivity index (χ2v) is 8.21. The van der Waals surface area contributed by atoms with Crippen molar-refractivity contribution < 1.29 is 18.7 Å². The van der Waals surface area contributed by atoms with Crippen LogP contribution in [-0.2, 0) is 20.7 Å². The van der Waals surface area contributed by atoms with E-state index >= 15 is 4.39 Å². The highest BCUT2D eigenvalue weighted by Crippen LogP contribution is 2.41. The van der Waals surface area contributed by atoms with Crippen molar-refractivity contribution in [2.24, 2.45) is 11.3 Å². The summed E-state index contributed by atoms with van der Waals surface area (Å²) in [5, 5.41) is 0. The molecule has 5 nitrogen and oxygen atoms in total. The second kappa shape index (κ2) is 6.65. The van der Waals surface area contributed by atoms with Gasteiger partial charge in [-0.3, -0.25) is 9.59 Å². The molecular weight excluding hydrogens is 335 g/mol. The predicted octanol–water partition coefficient (Wildman–Crippen LogP) is 2.43. The first-order valence-corrected chi connectivity index (χ1v) is 9.04. The number of alkyl halides is 1. The smallest absolute Gasteiger partial charge is 0.311 e. The number of halogens is 1. The highest BCUT2D eigenvalue weighted by atomic mass is 19.1. The molecule has 0 bridgehead atoms. The number of piperidine rings is 1. The second-order valence-electron chi connectivity index (χ2n) is 8.21. The van der Waals surface area contributed by atoms with Crippen LogP contribution in [0.5, 0.6) is 0 Å². The Hall–Kier alpha value is -1.95. The molecule has 2 aliphatic heterocycles. The Morgan fingerprint density at radius 2 is 2.12 bits per heavy atom. The van der Waals surface area contributed by atoms with Gasteiger partial charge in [-0.15, -0.1) is 0 Å². The first-order valence-electron chi connectivity index (χ1n) is 9.04. The van der Waals surface area contributed by atoms with Gasteiger partial charge in [0.1, 0.15) is 0 Å². The van der Waals surface area contributed by atoms with Crippen LogP contribution in [-0.4, -0.2) is 56.2 Å². The Kier molecular flexibility index (Phi) is 4.82. The van der Waals surface area contributed by atoms with Gasteiger partial charge >= 0.3 is 5.97 Å². The van der Waals surface area contributed by atoms with Crippen molar-refractivity contribution in [1.29, 1.82) is 0 Å². The lowest BCUT2D eigenvalue weighted by molar-refractivity contribution is -0.150. The number of rotatable bonds is 4. The molecule has 142 valence electrons. The number of amides is 1. The van der Waals surface area contributed by atoms with Crippen LogP contribution in [0.2, 0.25) is 0 Å². The summed E-state index contributed by atoms with van der Waals surface area (Å²) in [4.78, 5) is 28.4. The topological polar surface area (TPSA) is 49.9 Å². The van der Waals surface area contributed by atoms with E-state index in [2.05, 4.69) is 4.90 Å². The van der Waals surface area contributed by atoms with Crippen molar-refractivity contribution >= 4 is 17.6 Å². The minimum atomic E-state index is -1.76. The molecule has 2 saturated heterocycles. The standard InChI is InChI=1S/C20H27FN2O3/c1-19(2,18(25)26-4)11-14-6-5-7-16(10-14)23-13-15-12-22(3)9-8-20(15,21)17(23)24/h5-7,10,15H,8-9,11-13H2,1-4H3/t15-,20+/m0/s1. The molecule has 2 heterocycles. The van der Waals surface area contributed by atoms with Crippen LogP contribution < -0.4 is 4.90 Å². The molecule has 2 atom stereocenters. The van der Waals surface area contributed by atoms with E-state index in [1.54, 1.807) is 4.90 Å². The van der Waals surface area contributed by atoms with E-state index in [-0.39, 0.29) is 18.3 Å². The molecule has 0 radical (unpaired) electrons. The highest BCUT2D eigenvalue weighted by Gasteiger charge is 2.56. The van der Waals surface area contributed by atoms with Crippen LogP contribution in [0.25, 0.3) is 0 Å². The molecule has 0 saturated carbocycles. The van der Waals surface area contributed by atoms with Gasteiger partial charge in [0.25, 0.3) is 5.91 Å². The number of likely N-dealkylation sites (tertiary alicyclic amines) is 1. The maximum absolute atomic E-state index is 15.3. The molecule has 0 N–H and O–H groups in total. The molecule has 2 fully saturated rings. The van der Waals surface area contributed by atoms with E-state index in [1.807, 2.05) is 45.2 Å². The number of benzene rings is 1. The van der Waals surface area contributed by atoms with E-state index in [9.17, 15) is 9.59 Å². The van der Waals surface area contributed by atoms with Gasteiger partial charge in [0.2, 0.25) is 0 Å². The summed E-state index contributed by atoms with van der Waals surface area (Å²) in [7, 11) is 3.34. The first kappa shape index (κ1) is 18.8. The number of hydrogen-bond acceptors (Lipinski definition) is 4. The van der Waals surface area contributed by atoms with Crippen molar-refractivity contribution in [3.8, 4) is 0 Å². The van der Waals surface area contributed by atoms with Gasteiger partial charge in [-0.1, -0.05) is 12.1 Å². The zero-order valence-electron chi connectivity index (χ0n) is 15.9. The molecular formula is C20H27FN2O3. The minimum absolute atomic E-state index is 0.249. The number of anilines is 1. The highest BCUT2D eigenvalue weighted by molar-refractivity contribution is 6.02. The SMILES string of the molecule is COC(=O)C(C)(C)Cc1cccc(N2C[C@@H]3CN(C)CC[C@]3(F)C2=O)c1. The number of carbonyl (C=O) groups excluding carboxylic acids is 2. The van der Waals surface area contributed by atoms with Gasteiger partial charge in [-0.2, -0.15) is 0 Å². The van der Waals surface area contributed by atoms with Crippen LogP contribution in [0, 0.1) is 11.3 Å². The fourth-order valence-corrected chi connectivity index (χ4v) is 4.10. The number of ether oxygens (including phenoxy) is 1. The third-order valence-electron chi connectivity index (χ3n) is 5.65. The molecule has 6 heteroatoms. The Morgan fingerprint density at radius 1 is 1.38 bits per heavy atom. The lowest BCUT2D eigenvalue weighted by atomic mass is 9.85. The summed E-state index contributed by atoms with van der Waals surface area (Å²) < 4.78 is 20.2. The third-order valence-corrected chi connectivity index (χ3v) is 5.65. The van der Waals surface area contributed by atoms with Crippen molar-refractivity contribution in [3.63, 3.8) is 0 Å². The molecule has 2 aliphatic rings. The Balaban J connectivity index is 1.83. The van der Waals surface area contributed by atoms with E-state index in [1.165, 1.54) is 7.11 Å². The molecule has 3 rings (SSSR count). The molecule has 1 amide bonds. The number of fused-ring (bicyclic) bond motifs is 1. The largest absolute Gasteiger partial charge is 0.469 e. The molecule has 0 aromatic heterocycles. The summed E-state index contributed by atoms with van der Waals surface area (Å²) in [5.41, 5.74) is -0.804. The molecule has 26 heavy (non-hydrogen) atoms. The van der Waals surface area contributed by atoms with Crippen LogP contribution >= 0.6 is 0 Å². The van der Waals surface area contributed by atoms with E-state index in [0.717, 1.165) is 5.56 Å². The van der Waals surface area contributed by atoms with Gasteiger partial charge < -0.3 is 14.5 Å². The van der Waals surface area contributed by atoms with E-state index in [4.69, 9.17) is 4.74 Å². The van der Waals surface area contributed by atoms with Gasteiger partial charge in [-0.25, -0.2) is 4.39 Å². The minimum Gasteiger partial charge on any atom is -0.469 e. The van der Waals surface area contributed by atoms with Gasteiger partial charge in [-0.05, 0) is 45.0 Å². The van der Waals surface area contributed by atoms with Crippen molar-refractivity contribution in [2.75, 3.05) is 38.7 Å². The number of carbonyl (C=O) groups is 2. The fraction of sp³-hybridized carbons (Fsp3) is 0.600. The fourth-order valence-electron chi connectivity index (χ4n) is 4.10. The summed E-state index contributed by atoms with van der Waals surface area (Å²) >= 11 is 0. The number of esters is 1. The first-order chi connectivity index (χ1) is 12.2. The van der Waals surface area contributed by atoms with Gasteiger partial charge in [0, 0.05) is 37.7 Å². The van der Waals surface area contributed by atoms with Gasteiger partial charge in [0.05, 0.1) is 12.5 Å². The maximum atomic E-state index is 15.3. The van der Waals surface area contributed by atoms with E-state index < -0.39 is 17.0 Å². The average Bonchev–Trinajstić information content (AvgIpc) is 2.86. The lowest BCUT2D eigenvalue weighted by Gasteiger charge is -2.34. The quantitative estimate of drug-likeness (QED) is 0.772. The number of hydrogen-bond donors (Lipinski definition) is 0. The van der Waals surface area contributed by atoms with Crippen LogP contribution in [0.1, 0.15) is 25.8 Å². The zero-order valence-corrected chi connectivity index (χ0v) is 15.9. The van der Waals surface area contributed by atoms with Crippen LogP contribution in [0.15, 0.2) is 24.3 Å². The Bertz CT molecular complexity index is 721. The molecule has 0 aliphatic carbocycles. The normalized spacial score (nSPS) is 26.7. The summed E-state index contributed by atoms with van der Waals surface area (Å²) in [5.74, 6) is -1.01. The zero-order chi connectivity index (χ0) is 19.1.